The van der Waals surface area contributed by atoms with Crippen molar-refractivity contribution in [2.45, 2.75) is 26.5 Å². The van der Waals surface area contributed by atoms with Gasteiger partial charge in [0.25, 0.3) is 5.56 Å². The van der Waals surface area contributed by atoms with Gasteiger partial charge in [-0.25, -0.2) is 24.9 Å². The summed E-state index contributed by atoms with van der Waals surface area (Å²) in [7, 11) is 0. The minimum absolute atomic E-state index is 0.0768. The van der Waals surface area contributed by atoms with Crippen molar-refractivity contribution >= 4 is 69.9 Å². The van der Waals surface area contributed by atoms with Crippen molar-refractivity contribution in [3.05, 3.63) is 475 Å². The van der Waals surface area contributed by atoms with Gasteiger partial charge in [0, 0.05) is 113 Å². The summed E-state index contributed by atoms with van der Waals surface area (Å²) in [6.07, 6.45) is 27.9. The number of phenols is 1. The molecule has 31 heteroatoms. The fraction of sp³-hybridized carbons (Fsp3) is 0.00980. The van der Waals surface area contributed by atoms with E-state index < -0.39 is 16.7 Å². The summed E-state index contributed by atoms with van der Waals surface area (Å²) in [5, 5.41) is 29.1. The number of nitrogens with zero attached hydrogens (tertiary/aromatic N) is 17. The Balaban J connectivity index is 0.000000124. The van der Waals surface area contributed by atoms with Crippen molar-refractivity contribution in [2.75, 3.05) is 0 Å². The van der Waals surface area contributed by atoms with Crippen LogP contribution in [0.25, 0.3) is 67.8 Å². The monoisotopic (exact) mass is 1860 g/mol. The van der Waals surface area contributed by atoms with E-state index in [-0.39, 0.29) is 34.4 Å². The predicted octanol–water partition coefficient (Wildman–Crippen LogP) is 22.1. The standard InChI is InChI=1S/C28H19ClN4O2.C25H17ClN4O3S.C25H17ClN4OS.C24H16ClN5O2/c1-20-17-25(14-9-22(20)8-7-21-5-3-2-4-6-21)35-27-26(32-16-15-30-19-32)18-31-33(28(27)34)24-12-10-23(29)11-13-24;26-17-1-3-18(4-2-17)30-25(32)24(23(15-28-30)29-14-13-27-16-29)33-20-7-11-22(12-8-20)34-21-9-5-19(31)6-10-21;26-20-8-10-21(11-9-20)30-25(31)24(23(16-28-30)29-15-14-27-17-29)32-22-12-6-19(7-13-22)18-4-2-1-3-5-18;25-19-7-9-20(10-8-19)30-24(31)23(21(15-28-30)29-13-12-26-16-29)32-22-11-6-18(14-27-22)17-4-2-1-3-5-17/h2-6,9-19H,1H3;1-16,31H;1-17H;1-16H. The van der Waals surface area contributed by atoms with Crippen molar-refractivity contribution < 1.29 is 19.3 Å². The Bertz CT molecular complexity index is 7480. The molecule has 133 heavy (non-hydrogen) atoms. The zero-order chi connectivity index (χ0) is 91.5. The molecule has 9 heterocycles. The van der Waals surface area contributed by atoms with Crippen LogP contribution < -0.4 is 36.4 Å². The third kappa shape index (κ3) is 21.8. The third-order valence-electron chi connectivity index (χ3n) is 20.0. The second-order valence-electron chi connectivity index (χ2n) is 28.8. The van der Waals surface area contributed by atoms with Gasteiger partial charge in [-0.3, -0.25) is 19.2 Å². The number of pyridine rings is 1. The molecular formula is C102H69Cl4N17O8S2. The first kappa shape index (κ1) is 88.6. The van der Waals surface area contributed by atoms with Gasteiger partial charge in [-0.2, -0.15) is 39.1 Å². The number of aromatic hydroxyl groups is 1. The van der Waals surface area contributed by atoms with Crippen LogP contribution >= 0.6 is 69.9 Å². The summed E-state index contributed by atoms with van der Waals surface area (Å²) in [5.41, 5.74) is 9.95. The normalized spacial score (nSPS) is 10.7. The highest BCUT2D eigenvalue weighted by molar-refractivity contribution is 7.99. The topological polar surface area (TPSA) is 272 Å². The zero-order valence-electron chi connectivity index (χ0n) is 69.8. The van der Waals surface area contributed by atoms with E-state index in [4.69, 9.17) is 60.6 Å². The Labute approximate surface area is 787 Å². The van der Waals surface area contributed by atoms with Crippen molar-refractivity contribution in [1.82, 2.24) is 82.3 Å². The third-order valence-corrected chi connectivity index (χ3v) is 23.1. The van der Waals surface area contributed by atoms with Gasteiger partial charge < -0.3 is 37.6 Å². The van der Waals surface area contributed by atoms with Gasteiger partial charge in [-0.05, 0) is 223 Å². The van der Waals surface area contributed by atoms with Crippen LogP contribution in [-0.2, 0) is 0 Å². The van der Waals surface area contributed by atoms with E-state index in [1.54, 1.807) is 269 Å². The van der Waals surface area contributed by atoms with Crippen LogP contribution in [0.1, 0.15) is 16.7 Å². The lowest BCUT2D eigenvalue weighted by Crippen LogP contribution is -2.24. The maximum atomic E-state index is 13.5. The molecule has 0 aliphatic carbocycles. The molecule has 1 N–H and O–H groups in total. The first-order valence-corrected chi connectivity index (χ1v) is 43.8. The number of hydrogen-bond acceptors (Lipinski definition) is 19. The number of halogens is 4. The Kier molecular flexibility index (Phi) is 27.8. The molecule has 9 aromatic heterocycles. The lowest BCUT2D eigenvalue weighted by molar-refractivity contribution is 0.447. The second-order valence-corrected chi connectivity index (χ2v) is 32.8. The number of rotatable bonds is 20. The van der Waals surface area contributed by atoms with Crippen molar-refractivity contribution in [1.29, 1.82) is 0 Å². The van der Waals surface area contributed by atoms with Crippen molar-refractivity contribution in [3.8, 4) is 120 Å². The van der Waals surface area contributed by atoms with Crippen LogP contribution in [0.4, 0.5) is 0 Å². The molecule has 0 saturated carbocycles. The summed E-state index contributed by atoms with van der Waals surface area (Å²) < 4.78 is 30.2. The highest BCUT2D eigenvalue weighted by Gasteiger charge is 2.23. The molecule has 0 unspecified atom stereocenters. The number of hydrogen-bond donors (Lipinski definition) is 1. The lowest BCUT2D eigenvalue weighted by atomic mass is 10.1. The highest BCUT2D eigenvalue weighted by Crippen LogP contribution is 2.36. The molecule has 650 valence electrons. The molecule has 0 aliphatic rings. The smallest absolute Gasteiger partial charge is 0.316 e. The van der Waals surface area contributed by atoms with Gasteiger partial charge in [0.05, 0.1) is 78.5 Å². The SMILES string of the molecule is Cc1cc(Oc2c(-n3ccnc3)cnn(-c3ccc(Cl)cc3)c2=O)ccc1C#Cc1ccccc1.O=c1c(Oc2ccc(-c3ccccc3)cn2)c(-n2ccnc2)cnn1-c1ccc(Cl)cc1.O=c1c(Oc2ccc(Sc3ccc(O)cc3)cc2)c(-n2ccnc2)cnn1-c1ccc(Cl)cc1.O=c1c(Sc2ccc(-c3ccccc3)cc2)c(-n2ccnc2)cnn1-c1ccc(Cl)cc1. The lowest BCUT2D eigenvalue weighted by Gasteiger charge is -2.14. The summed E-state index contributed by atoms with van der Waals surface area (Å²) in [6, 6.07) is 89.1. The number of phenolic OH excluding ortho intramolecular Hbond substituents is 1. The maximum Gasteiger partial charge on any atom is 0.316 e. The largest absolute Gasteiger partial charge is 0.508 e. The molecule has 20 aromatic rings. The van der Waals surface area contributed by atoms with E-state index in [2.05, 4.69) is 81.4 Å². The van der Waals surface area contributed by atoms with E-state index in [0.717, 1.165) is 53.6 Å². The molecule has 0 bridgehead atoms. The van der Waals surface area contributed by atoms with Gasteiger partial charge in [0.2, 0.25) is 23.1 Å². The van der Waals surface area contributed by atoms with Crippen LogP contribution in [0.2, 0.25) is 20.1 Å². The zero-order valence-corrected chi connectivity index (χ0v) is 74.4. The Morgan fingerprint density at radius 1 is 0.331 bits per heavy atom. The Morgan fingerprint density at radius 2 is 0.684 bits per heavy atom. The van der Waals surface area contributed by atoms with Gasteiger partial charge in [-0.1, -0.05) is 173 Å². The van der Waals surface area contributed by atoms with Gasteiger partial charge in [-0.15, -0.1) is 0 Å². The van der Waals surface area contributed by atoms with Gasteiger partial charge in [0.1, 0.15) is 39.2 Å². The fourth-order valence-corrected chi connectivity index (χ4v) is 15.5. The summed E-state index contributed by atoms with van der Waals surface area (Å²) in [4.78, 5) is 77.9. The number of ether oxygens (including phenoxy) is 3. The number of aromatic nitrogens is 17. The van der Waals surface area contributed by atoms with E-state index in [9.17, 15) is 24.3 Å². The fourth-order valence-electron chi connectivity index (χ4n) is 13.3. The van der Waals surface area contributed by atoms with Gasteiger partial charge in [0.15, 0.2) is 0 Å². The molecule has 0 saturated heterocycles. The van der Waals surface area contributed by atoms with E-state index in [1.807, 2.05) is 140 Å². The van der Waals surface area contributed by atoms with Crippen molar-refractivity contribution in [2.24, 2.45) is 0 Å². The molecule has 0 spiro atoms. The van der Waals surface area contributed by atoms with E-state index >= 15 is 0 Å². The van der Waals surface area contributed by atoms with E-state index in [1.165, 1.54) is 30.5 Å². The second kappa shape index (κ2) is 41.8. The predicted molar refractivity (Wildman–Crippen MR) is 516 cm³/mol. The Morgan fingerprint density at radius 3 is 1.10 bits per heavy atom. The average molecular weight is 1870 g/mol. The number of aryl methyl sites for hydroxylation is 1. The quantitative estimate of drug-likeness (QED) is 0.0694. The minimum atomic E-state index is -0.438. The van der Waals surface area contributed by atoms with Crippen LogP contribution in [0.3, 0.4) is 0 Å². The molecule has 0 amide bonds. The molecule has 11 aromatic carbocycles. The molecule has 0 fully saturated rings. The average Bonchev–Trinajstić information content (AvgIpc) is 1.72. The number of imidazole rings is 4. The molecule has 0 atom stereocenters. The molecule has 25 nitrogen and oxygen atoms in total. The summed E-state index contributed by atoms with van der Waals surface area (Å²) in [6.45, 7) is 1.96. The van der Waals surface area contributed by atoms with Gasteiger partial charge >= 0.3 is 16.7 Å². The van der Waals surface area contributed by atoms with Crippen molar-refractivity contribution in [3.63, 3.8) is 0 Å². The maximum absolute atomic E-state index is 13.5. The Hall–Kier alpha value is -16.5. The minimum Gasteiger partial charge on any atom is -0.508 e. The number of benzene rings is 11. The van der Waals surface area contributed by atoms with Crippen LogP contribution in [0, 0.1) is 18.8 Å². The van der Waals surface area contributed by atoms with Crippen LogP contribution in [0.15, 0.2) is 436 Å². The molecular weight excluding hydrogens is 1800 g/mol. The molecule has 0 aliphatic heterocycles. The first-order chi connectivity index (χ1) is 65.0. The first-order valence-electron chi connectivity index (χ1n) is 40.6. The molecule has 20 rings (SSSR count). The van der Waals surface area contributed by atoms with E-state index in [0.29, 0.717) is 82.0 Å². The summed E-state index contributed by atoms with van der Waals surface area (Å²) in [5.74, 6) is 8.20. The summed E-state index contributed by atoms with van der Waals surface area (Å²) >= 11 is 26.9. The van der Waals surface area contributed by atoms with Crippen LogP contribution in [-0.4, -0.2) is 87.4 Å². The highest BCUT2D eigenvalue weighted by atomic mass is 35.5. The van der Waals surface area contributed by atoms with Crippen LogP contribution in [0.5, 0.6) is 40.4 Å². The molecule has 0 radical (unpaired) electrons.